The summed E-state index contributed by atoms with van der Waals surface area (Å²) in [5.41, 5.74) is 0.684. The molecule has 0 radical (unpaired) electrons. The Morgan fingerprint density at radius 2 is 1.88 bits per heavy atom. The lowest BCUT2D eigenvalue weighted by Crippen LogP contribution is -2.20. The average molecular weight is 343 g/mol. The summed E-state index contributed by atoms with van der Waals surface area (Å²) in [6.07, 6.45) is 0.562. The van der Waals surface area contributed by atoms with Crippen molar-refractivity contribution < 1.29 is 13.2 Å². The smallest absolute Gasteiger partial charge is 0.310 e. The van der Waals surface area contributed by atoms with Crippen molar-refractivity contribution in [2.24, 2.45) is 0 Å². The van der Waals surface area contributed by atoms with E-state index in [-0.39, 0.29) is 16.3 Å². The molecule has 1 aromatic carbocycles. The zero-order valence-electron chi connectivity index (χ0n) is 12.9. The molecule has 126 valence electrons. The molecule has 0 unspecified atom stereocenters. The highest BCUT2D eigenvalue weighted by molar-refractivity contribution is 5.82. The van der Waals surface area contributed by atoms with Gasteiger partial charge < -0.3 is 4.57 Å². The molecule has 0 saturated carbocycles. The lowest BCUT2D eigenvalue weighted by atomic mass is 10.1. The van der Waals surface area contributed by atoms with Crippen LogP contribution in [0.25, 0.3) is 16.3 Å². The van der Waals surface area contributed by atoms with Gasteiger partial charge >= 0.3 is 6.18 Å². The van der Waals surface area contributed by atoms with Crippen LogP contribution in [0, 0.1) is 0 Å². The largest absolute Gasteiger partial charge is 0.416 e. The van der Waals surface area contributed by atoms with Crippen molar-refractivity contribution in [2.45, 2.75) is 12.7 Å². The van der Waals surface area contributed by atoms with E-state index in [2.05, 4.69) is 5.10 Å². The van der Waals surface area contributed by atoms with E-state index in [9.17, 15) is 18.0 Å². The molecule has 4 nitrogen and oxygen atoms in total. The van der Waals surface area contributed by atoms with Gasteiger partial charge in [-0.1, -0.05) is 6.07 Å². The minimum atomic E-state index is -4.43. The van der Waals surface area contributed by atoms with E-state index in [1.807, 2.05) is 18.2 Å². The molecular formula is C18H12F3N3O. The van der Waals surface area contributed by atoms with Crippen molar-refractivity contribution >= 4 is 16.3 Å². The molecule has 7 heteroatoms. The van der Waals surface area contributed by atoms with E-state index in [1.165, 1.54) is 22.9 Å². The molecule has 4 rings (SSSR count). The standard InChI is InChI=1S/C18H12F3N3O/c19-18(20,21)14-3-4-15-12(10-14)6-9-23(17(15)25)11-13-2-1-8-24-16(13)5-7-22-24/h1-10H,11H2. The number of rotatable bonds is 2. The number of nitrogens with zero attached hydrogens (tertiary/aromatic N) is 3. The van der Waals surface area contributed by atoms with Crippen LogP contribution in [0.1, 0.15) is 11.1 Å². The Labute approximate surface area is 139 Å². The molecule has 0 atom stereocenters. The number of halogens is 3. The van der Waals surface area contributed by atoms with Gasteiger partial charge in [-0.05, 0) is 47.3 Å². The van der Waals surface area contributed by atoms with Crippen LogP contribution in [0.2, 0.25) is 0 Å². The molecule has 0 N–H and O–H groups in total. The second-order valence-corrected chi connectivity index (χ2v) is 5.74. The van der Waals surface area contributed by atoms with Gasteiger partial charge in [0, 0.05) is 24.0 Å². The van der Waals surface area contributed by atoms with E-state index < -0.39 is 11.7 Å². The summed E-state index contributed by atoms with van der Waals surface area (Å²) in [5.74, 6) is 0. The topological polar surface area (TPSA) is 39.3 Å². The maximum absolute atomic E-state index is 12.8. The van der Waals surface area contributed by atoms with Crippen molar-refractivity contribution in [2.75, 3.05) is 0 Å². The predicted molar refractivity (Wildman–Crippen MR) is 87.5 cm³/mol. The van der Waals surface area contributed by atoms with Crippen molar-refractivity contribution in [3.05, 3.63) is 82.5 Å². The zero-order chi connectivity index (χ0) is 17.6. The van der Waals surface area contributed by atoms with E-state index in [4.69, 9.17) is 0 Å². The number of hydrogen-bond donors (Lipinski definition) is 0. The van der Waals surface area contributed by atoms with Gasteiger partial charge in [-0.15, -0.1) is 0 Å². The Morgan fingerprint density at radius 3 is 2.68 bits per heavy atom. The van der Waals surface area contributed by atoms with E-state index in [0.29, 0.717) is 6.54 Å². The minimum absolute atomic E-state index is 0.260. The van der Waals surface area contributed by atoms with Crippen LogP contribution < -0.4 is 5.56 Å². The molecule has 3 heterocycles. The third-order valence-corrected chi connectivity index (χ3v) is 4.17. The molecule has 0 aliphatic heterocycles. The second kappa shape index (κ2) is 5.47. The van der Waals surface area contributed by atoms with Gasteiger partial charge in [0.25, 0.3) is 5.56 Å². The van der Waals surface area contributed by atoms with Gasteiger partial charge in [-0.3, -0.25) is 4.79 Å². The van der Waals surface area contributed by atoms with Crippen LogP contribution in [0.15, 0.2) is 65.8 Å². The molecule has 3 aromatic heterocycles. The molecule has 0 spiro atoms. The lowest BCUT2D eigenvalue weighted by molar-refractivity contribution is -0.137. The molecule has 0 fully saturated rings. The normalized spacial score (nSPS) is 12.1. The van der Waals surface area contributed by atoms with Crippen molar-refractivity contribution in [3.8, 4) is 0 Å². The van der Waals surface area contributed by atoms with Crippen LogP contribution >= 0.6 is 0 Å². The lowest BCUT2D eigenvalue weighted by Gasteiger charge is -2.11. The highest BCUT2D eigenvalue weighted by atomic mass is 19.4. The van der Waals surface area contributed by atoms with Crippen LogP contribution in [0.4, 0.5) is 13.2 Å². The fraction of sp³-hybridized carbons (Fsp3) is 0.111. The van der Waals surface area contributed by atoms with Gasteiger partial charge in [0.1, 0.15) is 0 Å². The third-order valence-electron chi connectivity index (χ3n) is 4.17. The first-order valence-electron chi connectivity index (χ1n) is 7.55. The maximum Gasteiger partial charge on any atom is 0.416 e. The summed E-state index contributed by atoms with van der Waals surface area (Å²) in [5, 5.41) is 4.69. The fourth-order valence-electron chi connectivity index (χ4n) is 2.92. The third kappa shape index (κ3) is 2.67. The summed E-state index contributed by atoms with van der Waals surface area (Å²) in [6, 6.07) is 10.3. The molecule has 4 aromatic rings. The van der Waals surface area contributed by atoms with Crippen LogP contribution in [-0.4, -0.2) is 14.2 Å². The Balaban J connectivity index is 1.80. The second-order valence-electron chi connectivity index (χ2n) is 5.74. The van der Waals surface area contributed by atoms with E-state index >= 15 is 0 Å². The number of pyridine rings is 2. The number of benzene rings is 1. The number of hydrogen-bond acceptors (Lipinski definition) is 2. The Morgan fingerprint density at radius 1 is 1.04 bits per heavy atom. The molecule has 0 aliphatic carbocycles. The monoisotopic (exact) mass is 343 g/mol. The van der Waals surface area contributed by atoms with E-state index in [0.717, 1.165) is 23.2 Å². The minimum Gasteiger partial charge on any atom is -0.310 e. The first kappa shape index (κ1) is 15.4. The van der Waals surface area contributed by atoms with Gasteiger partial charge in [0.05, 0.1) is 17.6 Å². The first-order valence-corrected chi connectivity index (χ1v) is 7.55. The molecule has 0 bridgehead atoms. The average Bonchev–Trinajstić information content (AvgIpc) is 3.06. The molecular weight excluding hydrogens is 331 g/mol. The van der Waals surface area contributed by atoms with Gasteiger partial charge in [-0.2, -0.15) is 18.3 Å². The van der Waals surface area contributed by atoms with Crippen LogP contribution in [-0.2, 0) is 12.7 Å². The summed E-state index contributed by atoms with van der Waals surface area (Å²) in [6.45, 7) is 0.311. The van der Waals surface area contributed by atoms with Gasteiger partial charge in [0.15, 0.2) is 0 Å². The van der Waals surface area contributed by atoms with E-state index in [1.54, 1.807) is 16.9 Å². The maximum atomic E-state index is 12.8. The van der Waals surface area contributed by atoms with Gasteiger partial charge in [0.2, 0.25) is 0 Å². The number of alkyl halides is 3. The highest BCUT2D eigenvalue weighted by Gasteiger charge is 2.30. The Hall–Kier alpha value is -3.09. The molecule has 25 heavy (non-hydrogen) atoms. The molecule has 0 amide bonds. The Bertz CT molecular complexity index is 1140. The summed E-state index contributed by atoms with van der Waals surface area (Å²) in [4.78, 5) is 12.6. The number of aromatic nitrogens is 3. The molecule has 0 saturated heterocycles. The van der Waals surface area contributed by atoms with Crippen LogP contribution in [0.5, 0.6) is 0 Å². The fourth-order valence-corrected chi connectivity index (χ4v) is 2.92. The van der Waals surface area contributed by atoms with Gasteiger partial charge in [-0.25, -0.2) is 4.52 Å². The van der Waals surface area contributed by atoms with Crippen molar-refractivity contribution in [1.82, 2.24) is 14.2 Å². The summed E-state index contributed by atoms with van der Waals surface area (Å²) < 4.78 is 41.6. The SMILES string of the molecule is O=c1c2ccc(C(F)(F)F)cc2ccn1Cc1cccn2nccc12. The van der Waals surface area contributed by atoms with Crippen molar-refractivity contribution in [3.63, 3.8) is 0 Å². The highest BCUT2D eigenvalue weighted by Crippen LogP contribution is 2.30. The summed E-state index contributed by atoms with van der Waals surface area (Å²) in [7, 11) is 0. The quantitative estimate of drug-likeness (QED) is 0.556. The van der Waals surface area contributed by atoms with Crippen LogP contribution in [0.3, 0.4) is 0 Å². The first-order chi connectivity index (χ1) is 11.9. The summed E-state index contributed by atoms with van der Waals surface area (Å²) >= 11 is 0. The van der Waals surface area contributed by atoms with Crippen molar-refractivity contribution in [1.29, 1.82) is 0 Å². The Kier molecular flexibility index (Phi) is 3.38. The zero-order valence-corrected chi connectivity index (χ0v) is 12.9. The predicted octanol–water partition coefficient (Wildman–Crippen LogP) is 3.72. The number of fused-ring (bicyclic) bond motifs is 2. The molecule has 0 aliphatic rings.